The smallest absolute Gasteiger partial charge is 0.310 e. The number of rotatable bonds is 6. The summed E-state index contributed by atoms with van der Waals surface area (Å²) in [4.78, 5) is 36.9. The number of fused-ring (bicyclic) bond motifs is 2. The van der Waals surface area contributed by atoms with Gasteiger partial charge in [0.2, 0.25) is 0 Å². The van der Waals surface area contributed by atoms with Crippen molar-refractivity contribution < 1.29 is 32.6 Å². The average molecular weight is 372 g/mol. The van der Waals surface area contributed by atoms with Crippen molar-refractivity contribution in [2.24, 2.45) is 35.5 Å². The molecule has 26 heavy (non-hydrogen) atoms. The van der Waals surface area contributed by atoms with Crippen molar-refractivity contribution in [3.05, 3.63) is 0 Å². The highest BCUT2D eigenvalue weighted by Gasteiger charge is 2.62. The van der Waals surface area contributed by atoms with E-state index < -0.39 is 35.9 Å². The first-order valence-electron chi connectivity index (χ1n) is 9.31. The zero-order valence-corrected chi connectivity index (χ0v) is 15.5. The molecule has 0 aromatic heterocycles. The van der Waals surface area contributed by atoms with Crippen LogP contribution in [0, 0.1) is 35.5 Å². The molecule has 7 unspecified atom stereocenters. The summed E-state index contributed by atoms with van der Waals surface area (Å²) in [6, 6.07) is 0. The van der Waals surface area contributed by atoms with E-state index in [1.807, 2.05) is 6.92 Å². The van der Waals surface area contributed by atoms with Crippen LogP contribution in [0.1, 0.15) is 47.0 Å². The van der Waals surface area contributed by atoms with Gasteiger partial charge in [0, 0.05) is 18.8 Å². The van der Waals surface area contributed by atoms with Gasteiger partial charge in [0.05, 0.1) is 11.8 Å². The lowest BCUT2D eigenvalue weighted by molar-refractivity contribution is -0.182. The summed E-state index contributed by atoms with van der Waals surface area (Å²) < 4.78 is 37.5. The molecule has 0 radical (unpaired) electrons. The van der Waals surface area contributed by atoms with Gasteiger partial charge in [0.1, 0.15) is 11.9 Å². The molecule has 0 aromatic carbocycles. The molecule has 2 bridgehead atoms. The van der Waals surface area contributed by atoms with Crippen LogP contribution in [0.5, 0.6) is 0 Å². The van der Waals surface area contributed by atoms with Gasteiger partial charge in [-0.3, -0.25) is 14.4 Å². The van der Waals surface area contributed by atoms with Gasteiger partial charge in [0.15, 0.2) is 6.10 Å². The first-order chi connectivity index (χ1) is 12.0. The molecule has 0 aromatic rings. The lowest BCUT2D eigenvalue weighted by Crippen LogP contribution is -2.47. The van der Waals surface area contributed by atoms with Crippen LogP contribution in [0.3, 0.4) is 0 Å². The maximum absolute atomic E-state index is 13.4. The molecular formula is C19H26F2O5. The lowest BCUT2D eigenvalue weighted by atomic mass is 9.71. The van der Waals surface area contributed by atoms with E-state index in [1.54, 1.807) is 0 Å². The second kappa shape index (κ2) is 6.57. The molecule has 0 spiro atoms. The molecule has 3 rings (SSSR count). The first kappa shape index (κ1) is 19.2. The molecule has 0 heterocycles. The van der Waals surface area contributed by atoms with Crippen LogP contribution in [-0.2, 0) is 23.9 Å². The van der Waals surface area contributed by atoms with Crippen molar-refractivity contribution in [1.29, 1.82) is 0 Å². The van der Waals surface area contributed by atoms with E-state index in [9.17, 15) is 23.2 Å². The second-order valence-corrected chi connectivity index (χ2v) is 8.30. The maximum Gasteiger partial charge on any atom is 0.310 e. The van der Waals surface area contributed by atoms with Crippen molar-refractivity contribution in [3.63, 3.8) is 0 Å². The largest absolute Gasteiger partial charge is 0.462 e. The normalized spacial score (nSPS) is 37.3. The number of Topliss-reactive ketones (excluding diaryl/α,β-unsaturated/α-hetero) is 1. The molecule has 3 fully saturated rings. The Morgan fingerprint density at radius 3 is 2.19 bits per heavy atom. The molecular weight excluding hydrogens is 346 g/mol. The third kappa shape index (κ3) is 3.37. The molecule has 3 aliphatic rings. The molecule has 5 nitrogen and oxygen atoms in total. The number of esters is 2. The van der Waals surface area contributed by atoms with Crippen molar-refractivity contribution in [3.8, 4) is 0 Å². The van der Waals surface area contributed by atoms with E-state index in [-0.39, 0.29) is 35.4 Å². The third-order valence-electron chi connectivity index (χ3n) is 6.38. The Kier molecular flexibility index (Phi) is 4.86. The van der Waals surface area contributed by atoms with E-state index in [0.29, 0.717) is 13.3 Å². The Morgan fingerprint density at radius 1 is 1.08 bits per heavy atom. The van der Waals surface area contributed by atoms with Gasteiger partial charge in [-0.1, -0.05) is 6.92 Å². The van der Waals surface area contributed by atoms with Gasteiger partial charge in [-0.2, -0.15) is 0 Å². The van der Waals surface area contributed by atoms with Crippen molar-refractivity contribution in [2.45, 2.75) is 65.1 Å². The molecule has 3 aliphatic carbocycles. The summed E-state index contributed by atoms with van der Waals surface area (Å²) in [5.74, 6) is -6.27. The number of halogens is 2. The van der Waals surface area contributed by atoms with Crippen molar-refractivity contribution >= 4 is 17.7 Å². The number of carbonyl (C=O) groups is 3. The zero-order valence-electron chi connectivity index (χ0n) is 15.5. The van der Waals surface area contributed by atoms with Crippen LogP contribution >= 0.6 is 0 Å². The average Bonchev–Trinajstić information content (AvgIpc) is 3.24. The van der Waals surface area contributed by atoms with Crippen LogP contribution in [-0.4, -0.2) is 35.9 Å². The van der Waals surface area contributed by atoms with Crippen LogP contribution in [0.15, 0.2) is 0 Å². The molecule has 0 N–H and O–H groups in total. The van der Waals surface area contributed by atoms with E-state index in [0.717, 1.165) is 19.8 Å². The van der Waals surface area contributed by atoms with Crippen LogP contribution in [0.25, 0.3) is 0 Å². The van der Waals surface area contributed by atoms with E-state index >= 15 is 0 Å². The first-order valence-corrected chi connectivity index (χ1v) is 9.31. The van der Waals surface area contributed by atoms with Gasteiger partial charge in [-0.05, 0) is 44.9 Å². The highest BCUT2D eigenvalue weighted by atomic mass is 19.3. The molecule has 0 saturated heterocycles. The molecule has 0 aliphatic heterocycles. The van der Waals surface area contributed by atoms with E-state index in [4.69, 9.17) is 9.47 Å². The Hall–Kier alpha value is -1.53. The summed E-state index contributed by atoms with van der Waals surface area (Å²) in [6.07, 6.45) is 0.174. The van der Waals surface area contributed by atoms with Gasteiger partial charge in [-0.15, -0.1) is 0 Å². The summed E-state index contributed by atoms with van der Waals surface area (Å²) in [6.45, 7) is 5.18. The fourth-order valence-corrected chi connectivity index (χ4v) is 4.63. The Labute approximate surface area is 151 Å². The van der Waals surface area contributed by atoms with Gasteiger partial charge < -0.3 is 9.47 Å². The molecule has 7 atom stereocenters. The third-order valence-corrected chi connectivity index (χ3v) is 6.38. The predicted octanol–water partition coefficient (Wildman–Crippen LogP) is 3.00. The highest BCUT2D eigenvalue weighted by Crippen LogP contribution is 2.57. The van der Waals surface area contributed by atoms with Crippen LogP contribution in [0.4, 0.5) is 8.78 Å². The van der Waals surface area contributed by atoms with Crippen LogP contribution in [0.2, 0.25) is 0 Å². The topological polar surface area (TPSA) is 69.7 Å². The monoisotopic (exact) mass is 372 g/mol. The fraction of sp³-hybridized carbons (Fsp3) is 0.842. The molecule has 146 valence electrons. The summed E-state index contributed by atoms with van der Waals surface area (Å²) in [5.41, 5.74) is 0. The molecule has 3 saturated carbocycles. The number of hydrogen-bond acceptors (Lipinski definition) is 5. The Bertz CT molecular complexity index is 610. The fourth-order valence-electron chi connectivity index (χ4n) is 4.63. The minimum Gasteiger partial charge on any atom is -0.462 e. The minimum atomic E-state index is -3.16. The van der Waals surface area contributed by atoms with E-state index in [1.165, 1.54) is 6.92 Å². The minimum absolute atomic E-state index is 0.0364. The quantitative estimate of drug-likeness (QED) is 0.671. The lowest BCUT2D eigenvalue weighted by Gasteiger charge is -2.37. The SMILES string of the molecule is CC(=O)C1C2CC(C(OC(=O)C3CC3)C2C)C1C(=O)OC(C)C(C)(F)F. The maximum atomic E-state index is 13.4. The molecule has 0 amide bonds. The van der Waals surface area contributed by atoms with Gasteiger partial charge in [0.25, 0.3) is 5.92 Å². The highest BCUT2D eigenvalue weighted by molar-refractivity contribution is 5.87. The second-order valence-electron chi connectivity index (χ2n) is 8.30. The van der Waals surface area contributed by atoms with Crippen LogP contribution < -0.4 is 0 Å². The predicted molar refractivity (Wildman–Crippen MR) is 87.2 cm³/mol. The number of ketones is 1. The number of carbonyl (C=O) groups excluding carboxylic acids is 3. The van der Waals surface area contributed by atoms with Gasteiger partial charge in [-0.25, -0.2) is 8.78 Å². The van der Waals surface area contributed by atoms with Gasteiger partial charge >= 0.3 is 11.9 Å². The number of ether oxygens (including phenoxy) is 2. The Morgan fingerprint density at radius 2 is 1.69 bits per heavy atom. The standard InChI is InChI=1S/C19H26F2O5/c1-8-12-7-13(16(8)26-17(23)11-5-6-11)15(14(12)9(2)22)18(24)25-10(3)19(4,20)21/h8,10-16H,5-7H2,1-4H3. The zero-order chi connectivity index (χ0) is 19.4. The van der Waals surface area contributed by atoms with Crippen molar-refractivity contribution in [2.75, 3.05) is 0 Å². The van der Waals surface area contributed by atoms with Crippen molar-refractivity contribution in [1.82, 2.24) is 0 Å². The summed E-state index contributed by atoms with van der Waals surface area (Å²) >= 11 is 0. The molecule has 7 heteroatoms. The Balaban J connectivity index is 1.78. The summed E-state index contributed by atoms with van der Waals surface area (Å²) in [7, 11) is 0. The number of hydrogen-bond donors (Lipinski definition) is 0. The summed E-state index contributed by atoms with van der Waals surface area (Å²) in [5, 5.41) is 0. The van der Waals surface area contributed by atoms with E-state index in [2.05, 4.69) is 0 Å². The number of alkyl halides is 2.